The maximum Gasteiger partial charge on any atom is 0.150 e. The van der Waals surface area contributed by atoms with Crippen LogP contribution in [0.25, 0.3) is 27.7 Å². The van der Waals surface area contributed by atoms with Crippen molar-refractivity contribution < 1.29 is 24.5 Å². The first-order valence-corrected chi connectivity index (χ1v) is 18.7. The molecule has 1 heterocycles. The van der Waals surface area contributed by atoms with E-state index in [0.29, 0.717) is 5.92 Å². The quantitative estimate of drug-likeness (QED) is 0.0333. The molecule has 288 valence electrons. The van der Waals surface area contributed by atoms with E-state index in [1.54, 1.807) is 0 Å². The van der Waals surface area contributed by atoms with Crippen LogP contribution in [0.2, 0.25) is 0 Å². The van der Waals surface area contributed by atoms with Crippen molar-refractivity contribution in [3.8, 4) is 11.1 Å². The van der Waals surface area contributed by atoms with Crippen LogP contribution in [0.1, 0.15) is 86.0 Å². The summed E-state index contributed by atoms with van der Waals surface area (Å²) in [4.78, 5) is 14.0. The minimum atomic E-state index is -0.0961. The van der Waals surface area contributed by atoms with Crippen LogP contribution in [0.15, 0.2) is 144 Å². The van der Waals surface area contributed by atoms with Crippen LogP contribution >= 0.6 is 0 Å². The van der Waals surface area contributed by atoms with Crippen molar-refractivity contribution in [3.63, 3.8) is 0 Å². The monoisotopic (exact) mass is 732 g/mol. The Bertz CT molecular complexity index is 1750. The molecule has 0 bridgehead atoms. The number of aldehydes is 1. The van der Waals surface area contributed by atoms with Crippen LogP contribution < -0.4 is 10.6 Å². The lowest BCUT2D eigenvalue weighted by molar-refractivity contribution is -0.214. The Morgan fingerprint density at radius 2 is 1.48 bits per heavy atom. The summed E-state index contributed by atoms with van der Waals surface area (Å²) in [6, 6.07) is 36.9. The third-order valence-electron chi connectivity index (χ3n) is 8.54. The average molecular weight is 733 g/mol. The molecule has 7 heteroatoms. The van der Waals surface area contributed by atoms with Gasteiger partial charge in [0.25, 0.3) is 0 Å². The van der Waals surface area contributed by atoms with Gasteiger partial charge in [0.15, 0.2) is 0 Å². The maximum atomic E-state index is 10.7. The second-order valence-corrected chi connectivity index (χ2v) is 12.7. The van der Waals surface area contributed by atoms with Crippen molar-refractivity contribution in [1.29, 1.82) is 0 Å². The van der Waals surface area contributed by atoms with Crippen LogP contribution in [0, 0.1) is 0 Å². The predicted octanol–water partition coefficient (Wildman–Crippen LogP) is 11.2. The zero-order chi connectivity index (χ0) is 39.4. The summed E-state index contributed by atoms with van der Waals surface area (Å²) in [6.45, 7) is 11.3. The molecule has 1 aliphatic carbocycles. The summed E-state index contributed by atoms with van der Waals surface area (Å²) in [5, 5.41) is 22.8. The molecule has 1 atom stereocenters. The average Bonchev–Trinajstić information content (AvgIpc) is 3.62. The molecule has 4 aromatic carbocycles. The van der Waals surface area contributed by atoms with Crippen molar-refractivity contribution in [2.75, 3.05) is 27.4 Å². The molecule has 1 aliphatic rings. The van der Waals surface area contributed by atoms with E-state index in [1.807, 2.05) is 92.9 Å². The lowest BCUT2D eigenvalue weighted by atomic mass is 9.92. The summed E-state index contributed by atoms with van der Waals surface area (Å²) >= 11 is 0. The number of para-hydroxylation sites is 1. The van der Waals surface area contributed by atoms with E-state index in [1.165, 1.54) is 61.5 Å². The Hall–Kier alpha value is -5.05. The van der Waals surface area contributed by atoms with E-state index in [4.69, 9.17) is 14.8 Å². The molecule has 6 rings (SSSR count). The van der Waals surface area contributed by atoms with Crippen LogP contribution in [0.3, 0.4) is 0 Å². The first kappa shape index (κ1) is 45.1. The number of aliphatic hydroxyl groups is 1. The highest BCUT2D eigenvalue weighted by molar-refractivity contribution is 5.83. The number of aliphatic hydroxyl groups excluding tert-OH is 1. The minimum absolute atomic E-state index is 0.0961. The number of furan rings is 1. The molecule has 1 fully saturated rings. The van der Waals surface area contributed by atoms with E-state index < -0.39 is 0 Å². The van der Waals surface area contributed by atoms with Crippen LogP contribution in [-0.4, -0.2) is 44.1 Å². The fourth-order valence-electron chi connectivity index (χ4n) is 5.10. The fourth-order valence-corrected chi connectivity index (χ4v) is 5.10. The molecule has 1 saturated carbocycles. The second kappa shape index (κ2) is 27.5. The van der Waals surface area contributed by atoms with Crippen molar-refractivity contribution in [2.45, 2.75) is 65.2 Å². The van der Waals surface area contributed by atoms with Gasteiger partial charge in [-0.1, -0.05) is 149 Å². The Labute approximate surface area is 323 Å². The highest BCUT2D eigenvalue weighted by Gasteiger charge is 2.08. The Morgan fingerprint density at radius 1 is 0.889 bits per heavy atom. The number of hydrogen-bond donors (Lipinski definition) is 4. The highest BCUT2D eigenvalue weighted by atomic mass is 17.1. The first-order chi connectivity index (χ1) is 26.3. The van der Waals surface area contributed by atoms with Crippen LogP contribution in [-0.2, 0) is 11.3 Å². The van der Waals surface area contributed by atoms with Gasteiger partial charge in [-0.3, -0.25) is 10.1 Å². The zero-order valence-electron chi connectivity index (χ0n) is 32.8. The van der Waals surface area contributed by atoms with Gasteiger partial charge in [0.1, 0.15) is 24.4 Å². The number of nitrogens with one attached hydrogen (secondary N) is 2. The summed E-state index contributed by atoms with van der Waals surface area (Å²) in [5.41, 5.74) is 8.29. The Balaban J connectivity index is 0.000000289. The van der Waals surface area contributed by atoms with Crippen LogP contribution in [0.4, 0.5) is 0 Å². The zero-order valence-corrected chi connectivity index (χ0v) is 32.8. The number of allylic oxidation sites excluding steroid dienone is 4. The van der Waals surface area contributed by atoms with Gasteiger partial charge in [-0.15, -0.1) is 0 Å². The number of hydrogen-bond acceptors (Lipinski definition) is 7. The standard InChI is InChI=1S/C22H20O.C16H17NO2.C4H11N.C4H8.CH4O2/c1-17(15-18-7-9-19(16-23)10-8-18)20-11-13-22(14-12-20)21-5-3-2-4-6-21;1-3-14(17-11-18)9-8-12(2)16-10-13-6-4-5-7-15(13)19-16;1-3-4-5-2;1-2-4-3-1;1-3-2/h2-14,16-17H,15H2,1H3;3-10,17-18H,2,11H2,1H3;5H,3-4H2,1-2H3;1-4H2;2H,1H3/b;9-8-,14-3+;;;. The Kier molecular flexibility index (Phi) is 23.0. The van der Waals surface area contributed by atoms with Gasteiger partial charge in [-0.25, -0.2) is 4.89 Å². The van der Waals surface area contributed by atoms with Gasteiger partial charge >= 0.3 is 0 Å². The van der Waals surface area contributed by atoms with Gasteiger partial charge < -0.3 is 20.2 Å². The SMILES string of the molecule is C1CCC1.C=C(/C=C\C(=C/C)NCO)c1cc2ccccc2o1.CC(Cc1ccc(C=O)cc1)c1ccc(-c2ccccc2)cc1.CCCNC.COO. The summed E-state index contributed by atoms with van der Waals surface area (Å²) in [6.07, 6.45) is 14.7. The fraction of sp³-hybridized carbons (Fsp3) is 0.298. The molecule has 54 heavy (non-hydrogen) atoms. The number of carbonyl (C=O) groups is 1. The number of fused-ring (bicyclic) bond motifs is 1. The summed E-state index contributed by atoms with van der Waals surface area (Å²) < 4.78 is 5.72. The second-order valence-electron chi connectivity index (χ2n) is 12.7. The lowest BCUT2D eigenvalue weighted by Gasteiger charge is -2.13. The third-order valence-corrected chi connectivity index (χ3v) is 8.54. The largest absolute Gasteiger partial charge is 0.456 e. The molecule has 7 nitrogen and oxygen atoms in total. The van der Waals surface area contributed by atoms with Gasteiger partial charge in [-0.05, 0) is 85.8 Å². The number of carbonyl (C=O) groups excluding carboxylic acids is 1. The van der Waals surface area contributed by atoms with E-state index in [2.05, 4.69) is 84.5 Å². The van der Waals surface area contributed by atoms with Gasteiger partial charge in [0.2, 0.25) is 0 Å². The summed E-state index contributed by atoms with van der Waals surface area (Å²) in [5.74, 6) is 1.19. The van der Waals surface area contributed by atoms with Gasteiger partial charge in [0.05, 0.1) is 7.11 Å². The molecule has 1 unspecified atom stereocenters. The van der Waals surface area contributed by atoms with Crippen molar-refractivity contribution in [1.82, 2.24) is 10.6 Å². The molecule has 4 N–H and O–H groups in total. The molecule has 0 saturated heterocycles. The molecular formula is C47H60N2O5. The van der Waals surface area contributed by atoms with Crippen molar-refractivity contribution >= 4 is 22.8 Å². The van der Waals surface area contributed by atoms with E-state index >= 15 is 0 Å². The molecule has 0 radical (unpaired) electrons. The summed E-state index contributed by atoms with van der Waals surface area (Å²) in [7, 11) is 3.14. The van der Waals surface area contributed by atoms with E-state index in [9.17, 15) is 4.79 Å². The lowest BCUT2D eigenvalue weighted by Crippen LogP contribution is -2.11. The van der Waals surface area contributed by atoms with Gasteiger partial charge in [0, 0.05) is 22.2 Å². The maximum absolute atomic E-state index is 10.7. The molecule has 0 amide bonds. The van der Waals surface area contributed by atoms with Crippen molar-refractivity contribution in [2.24, 2.45) is 0 Å². The normalized spacial score (nSPS) is 12.2. The predicted molar refractivity (Wildman–Crippen MR) is 227 cm³/mol. The number of rotatable bonds is 12. The molecule has 0 aliphatic heterocycles. The molecule has 5 aromatic rings. The van der Waals surface area contributed by atoms with Crippen LogP contribution in [0.5, 0.6) is 0 Å². The topological polar surface area (TPSA) is 104 Å². The Morgan fingerprint density at radius 3 is 1.98 bits per heavy atom. The molecule has 1 aromatic heterocycles. The number of benzene rings is 4. The minimum Gasteiger partial charge on any atom is -0.456 e. The highest BCUT2D eigenvalue weighted by Crippen LogP contribution is 2.26. The van der Waals surface area contributed by atoms with E-state index in [0.717, 1.165) is 52.8 Å². The first-order valence-electron chi connectivity index (χ1n) is 18.7. The van der Waals surface area contributed by atoms with E-state index in [-0.39, 0.29) is 6.73 Å². The smallest absolute Gasteiger partial charge is 0.150 e. The third kappa shape index (κ3) is 17.2. The molecule has 0 spiro atoms. The van der Waals surface area contributed by atoms with Crippen molar-refractivity contribution in [3.05, 3.63) is 162 Å². The molecular weight excluding hydrogens is 673 g/mol. The van der Waals surface area contributed by atoms with Gasteiger partial charge in [-0.2, -0.15) is 0 Å².